The van der Waals surface area contributed by atoms with Gasteiger partial charge in [-0.15, -0.1) is 5.10 Å². The zero-order chi connectivity index (χ0) is 17.5. The number of halogens is 1. The first-order valence-corrected chi connectivity index (χ1v) is 9.10. The molecule has 0 aliphatic rings. The molecule has 24 heavy (non-hydrogen) atoms. The van der Waals surface area contributed by atoms with Crippen molar-refractivity contribution in [3.05, 3.63) is 34.6 Å². The molecule has 0 saturated heterocycles. The van der Waals surface area contributed by atoms with Gasteiger partial charge in [-0.05, 0) is 44.5 Å². The number of aromatic amines is 1. The predicted molar refractivity (Wildman–Crippen MR) is 95.6 cm³/mol. The van der Waals surface area contributed by atoms with Crippen LogP contribution in [-0.4, -0.2) is 44.8 Å². The Kier molecular flexibility index (Phi) is 6.93. The van der Waals surface area contributed by atoms with Gasteiger partial charge in [0.25, 0.3) is 0 Å². The lowest BCUT2D eigenvalue weighted by atomic mass is 10.2. The molecule has 0 radical (unpaired) electrons. The van der Waals surface area contributed by atoms with Gasteiger partial charge < -0.3 is 9.64 Å². The first kappa shape index (κ1) is 18.6. The number of rotatable bonds is 8. The van der Waals surface area contributed by atoms with E-state index in [1.165, 1.54) is 11.8 Å². The molecule has 1 aromatic heterocycles. The van der Waals surface area contributed by atoms with E-state index >= 15 is 0 Å². The van der Waals surface area contributed by atoms with Crippen LogP contribution in [0.2, 0.25) is 5.02 Å². The zero-order valence-corrected chi connectivity index (χ0v) is 15.6. The number of carbonyl (C=O) groups is 1. The zero-order valence-electron chi connectivity index (χ0n) is 14.0. The fraction of sp³-hybridized carbons (Fsp3) is 0.438. The Bertz CT molecular complexity index is 688. The van der Waals surface area contributed by atoms with Crippen molar-refractivity contribution in [3.8, 4) is 5.75 Å². The smallest absolute Gasteiger partial charge is 0.233 e. The van der Waals surface area contributed by atoms with Gasteiger partial charge in [0.05, 0.1) is 5.75 Å². The summed E-state index contributed by atoms with van der Waals surface area (Å²) in [6.45, 7) is 7.55. The second kappa shape index (κ2) is 8.94. The van der Waals surface area contributed by atoms with Crippen molar-refractivity contribution in [2.75, 3.05) is 18.8 Å². The lowest BCUT2D eigenvalue weighted by Gasteiger charge is -2.17. The van der Waals surface area contributed by atoms with Crippen molar-refractivity contribution in [1.29, 1.82) is 0 Å². The van der Waals surface area contributed by atoms with E-state index in [0.717, 1.165) is 11.3 Å². The number of aromatic nitrogens is 3. The van der Waals surface area contributed by atoms with Crippen LogP contribution in [0.1, 0.15) is 25.2 Å². The number of thioether (sulfide) groups is 1. The van der Waals surface area contributed by atoms with Gasteiger partial charge in [0.15, 0.2) is 5.82 Å². The molecule has 2 rings (SSSR count). The second-order valence-corrected chi connectivity index (χ2v) is 6.47. The molecule has 0 atom stereocenters. The number of carbonyl (C=O) groups excluding carboxylic acids is 1. The van der Waals surface area contributed by atoms with E-state index in [9.17, 15) is 4.79 Å². The number of hydrogen-bond acceptors (Lipinski definition) is 5. The van der Waals surface area contributed by atoms with Crippen molar-refractivity contribution in [3.63, 3.8) is 0 Å². The quantitative estimate of drug-likeness (QED) is 0.724. The number of nitrogens with zero attached hydrogens (tertiary/aromatic N) is 3. The van der Waals surface area contributed by atoms with E-state index in [1.54, 1.807) is 11.0 Å². The summed E-state index contributed by atoms with van der Waals surface area (Å²) in [6.07, 6.45) is 0. The van der Waals surface area contributed by atoms with Crippen molar-refractivity contribution in [2.45, 2.75) is 32.5 Å². The molecule has 1 amide bonds. The molecule has 0 spiro atoms. The molecule has 1 heterocycles. The van der Waals surface area contributed by atoms with Crippen molar-refractivity contribution in [1.82, 2.24) is 20.1 Å². The minimum atomic E-state index is 0.0873. The molecule has 0 aliphatic carbocycles. The highest BCUT2D eigenvalue weighted by atomic mass is 35.5. The molecular weight excluding hydrogens is 348 g/mol. The number of H-pyrrole nitrogens is 1. The van der Waals surface area contributed by atoms with Crippen LogP contribution in [0.4, 0.5) is 0 Å². The van der Waals surface area contributed by atoms with E-state index in [0.29, 0.717) is 34.8 Å². The maximum atomic E-state index is 12.0. The summed E-state index contributed by atoms with van der Waals surface area (Å²) in [7, 11) is 0. The van der Waals surface area contributed by atoms with E-state index in [4.69, 9.17) is 16.3 Å². The molecule has 1 aromatic carbocycles. The van der Waals surface area contributed by atoms with Crippen LogP contribution in [0.3, 0.4) is 0 Å². The van der Waals surface area contributed by atoms with Gasteiger partial charge in [0, 0.05) is 18.1 Å². The molecule has 1 N–H and O–H groups in total. The van der Waals surface area contributed by atoms with Crippen LogP contribution in [0.5, 0.6) is 5.75 Å². The minimum Gasteiger partial charge on any atom is -0.486 e. The lowest BCUT2D eigenvalue weighted by molar-refractivity contribution is -0.127. The summed E-state index contributed by atoms with van der Waals surface area (Å²) in [5, 5.41) is 8.17. The first-order chi connectivity index (χ1) is 11.5. The minimum absolute atomic E-state index is 0.0873. The van der Waals surface area contributed by atoms with E-state index < -0.39 is 0 Å². The number of aryl methyl sites for hydroxylation is 1. The Morgan fingerprint density at radius 3 is 2.79 bits per heavy atom. The molecule has 130 valence electrons. The number of nitrogens with one attached hydrogen (secondary N) is 1. The lowest BCUT2D eigenvalue weighted by Crippen LogP contribution is -2.31. The molecule has 8 heteroatoms. The van der Waals surface area contributed by atoms with Crippen LogP contribution in [-0.2, 0) is 11.4 Å². The average Bonchev–Trinajstić information content (AvgIpc) is 3.03. The third-order valence-corrected chi connectivity index (χ3v) is 4.71. The van der Waals surface area contributed by atoms with Crippen LogP contribution in [0, 0.1) is 6.92 Å². The molecule has 0 unspecified atom stereocenters. The largest absolute Gasteiger partial charge is 0.486 e. The Hall–Kier alpha value is -1.73. The molecule has 0 fully saturated rings. The molecular formula is C16H21ClN4O2S. The maximum absolute atomic E-state index is 12.0. The van der Waals surface area contributed by atoms with E-state index in [-0.39, 0.29) is 12.5 Å². The fourth-order valence-electron chi connectivity index (χ4n) is 2.06. The third-order valence-electron chi connectivity index (χ3n) is 3.46. The molecule has 0 aliphatic heterocycles. The summed E-state index contributed by atoms with van der Waals surface area (Å²) in [6, 6.07) is 5.48. The topological polar surface area (TPSA) is 71.1 Å². The highest BCUT2D eigenvalue weighted by Gasteiger charge is 2.12. The predicted octanol–water partition coefficient (Wildman–Crippen LogP) is 3.31. The Balaban J connectivity index is 1.84. The summed E-state index contributed by atoms with van der Waals surface area (Å²) in [4.78, 5) is 18.1. The van der Waals surface area contributed by atoms with Crippen LogP contribution >= 0.6 is 23.4 Å². The highest BCUT2D eigenvalue weighted by molar-refractivity contribution is 7.99. The van der Waals surface area contributed by atoms with Gasteiger partial charge in [-0.1, -0.05) is 23.4 Å². The normalized spacial score (nSPS) is 10.7. The third kappa shape index (κ3) is 5.14. The standard InChI is InChI=1S/C16H21ClN4O2S/c1-4-21(5-2)15(22)10-24-16-18-14(19-20-16)9-23-12-6-7-13(17)11(3)8-12/h6-8H,4-5,9-10H2,1-3H3,(H,18,19,20). The highest BCUT2D eigenvalue weighted by Crippen LogP contribution is 2.21. The molecule has 0 saturated carbocycles. The van der Waals surface area contributed by atoms with Crippen molar-refractivity contribution >= 4 is 29.3 Å². The number of benzene rings is 1. The van der Waals surface area contributed by atoms with Crippen LogP contribution in [0.25, 0.3) is 0 Å². The van der Waals surface area contributed by atoms with Crippen molar-refractivity contribution in [2.24, 2.45) is 0 Å². The second-order valence-electron chi connectivity index (χ2n) is 5.12. The Morgan fingerprint density at radius 2 is 2.12 bits per heavy atom. The van der Waals surface area contributed by atoms with Gasteiger partial charge in [0.1, 0.15) is 12.4 Å². The number of hydrogen-bond donors (Lipinski definition) is 1. The maximum Gasteiger partial charge on any atom is 0.233 e. The monoisotopic (exact) mass is 368 g/mol. The van der Waals surface area contributed by atoms with Crippen LogP contribution < -0.4 is 4.74 Å². The molecule has 0 bridgehead atoms. The van der Waals surface area contributed by atoms with Crippen LogP contribution in [0.15, 0.2) is 23.4 Å². The SMILES string of the molecule is CCN(CC)C(=O)CSc1n[nH]c(COc2ccc(Cl)c(C)c2)n1. The molecule has 2 aromatic rings. The summed E-state index contributed by atoms with van der Waals surface area (Å²) in [5.74, 6) is 1.75. The number of amides is 1. The Labute approximate surface area is 150 Å². The van der Waals surface area contributed by atoms with E-state index in [2.05, 4.69) is 15.2 Å². The summed E-state index contributed by atoms with van der Waals surface area (Å²) < 4.78 is 5.66. The van der Waals surface area contributed by atoms with Gasteiger partial charge in [-0.25, -0.2) is 4.98 Å². The van der Waals surface area contributed by atoms with Crippen molar-refractivity contribution < 1.29 is 9.53 Å². The summed E-state index contributed by atoms with van der Waals surface area (Å²) >= 11 is 7.30. The number of ether oxygens (including phenoxy) is 1. The average molecular weight is 369 g/mol. The molecule has 6 nitrogen and oxygen atoms in total. The summed E-state index contributed by atoms with van der Waals surface area (Å²) in [5.41, 5.74) is 0.956. The van der Waals surface area contributed by atoms with Gasteiger partial charge in [-0.3, -0.25) is 9.89 Å². The van der Waals surface area contributed by atoms with Gasteiger partial charge in [0.2, 0.25) is 11.1 Å². The Morgan fingerprint density at radius 1 is 1.38 bits per heavy atom. The first-order valence-electron chi connectivity index (χ1n) is 7.74. The van der Waals surface area contributed by atoms with E-state index in [1.807, 2.05) is 32.9 Å². The van der Waals surface area contributed by atoms with Gasteiger partial charge in [-0.2, -0.15) is 0 Å². The fourth-order valence-corrected chi connectivity index (χ4v) is 2.90. The van der Waals surface area contributed by atoms with Gasteiger partial charge >= 0.3 is 0 Å².